The molecule has 0 aliphatic rings. The smallest absolute Gasteiger partial charge is 0.267 e. The Morgan fingerprint density at radius 1 is 1.57 bits per heavy atom. The van der Waals surface area contributed by atoms with Crippen LogP contribution in [0.15, 0.2) is 10.9 Å². The van der Waals surface area contributed by atoms with E-state index in [4.69, 9.17) is 0 Å². The first-order valence-corrected chi connectivity index (χ1v) is 5.50. The highest BCUT2D eigenvalue weighted by Crippen LogP contribution is 1.99. The number of hydrogen-bond donors (Lipinski definition) is 1. The van der Waals surface area contributed by atoms with E-state index in [2.05, 4.69) is 24.7 Å². The van der Waals surface area contributed by atoms with Crippen LogP contribution in [-0.2, 0) is 12.3 Å². The van der Waals surface area contributed by atoms with E-state index in [1.54, 1.807) is 10.7 Å². The first-order valence-electron chi connectivity index (χ1n) is 4.87. The van der Waals surface area contributed by atoms with E-state index in [9.17, 15) is 4.79 Å². The van der Waals surface area contributed by atoms with Crippen LogP contribution in [0.2, 0.25) is 0 Å². The standard InChI is InChI=1S/C10H16N2OS/c1-3-4-5-12-10(13)9(7-14)6-8(2)11-12/h6,14H,3-5,7H2,1-2H3. The molecule has 1 aromatic heterocycles. The molecule has 3 nitrogen and oxygen atoms in total. The maximum atomic E-state index is 11.7. The lowest BCUT2D eigenvalue weighted by Crippen LogP contribution is -2.26. The Morgan fingerprint density at radius 3 is 2.86 bits per heavy atom. The highest BCUT2D eigenvalue weighted by atomic mass is 32.1. The molecule has 0 saturated carbocycles. The largest absolute Gasteiger partial charge is 0.270 e. The molecule has 0 bridgehead atoms. The molecule has 0 amide bonds. The molecule has 0 aliphatic carbocycles. The quantitative estimate of drug-likeness (QED) is 0.772. The molecule has 0 saturated heterocycles. The van der Waals surface area contributed by atoms with Gasteiger partial charge in [-0.2, -0.15) is 17.7 Å². The van der Waals surface area contributed by atoms with Crippen LogP contribution < -0.4 is 5.56 Å². The molecule has 1 aromatic rings. The van der Waals surface area contributed by atoms with E-state index >= 15 is 0 Å². The lowest BCUT2D eigenvalue weighted by molar-refractivity contribution is 0.534. The average Bonchev–Trinajstić information content (AvgIpc) is 2.18. The summed E-state index contributed by atoms with van der Waals surface area (Å²) < 4.78 is 1.55. The molecule has 14 heavy (non-hydrogen) atoms. The molecule has 0 N–H and O–H groups in total. The van der Waals surface area contributed by atoms with Gasteiger partial charge in [0.1, 0.15) is 0 Å². The second-order valence-corrected chi connectivity index (χ2v) is 3.67. The van der Waals surface area contributed by atoms with Crippen molar-refractivity contribution in [2.24, 2.45) is 0 Å². The van der Waals surface area contributed by atoms with Crippen molar-refractivity contribution >= 4 is 12.6 Å². The molecule has 0 radical (unpaired) electrons. The highest BCUT2D eigenvalue weighted by Gasteiger charge is 2.04. The number of unbranched alkanes of at least 4 members (excludes halogenated alkanes) is 1. The summed E-state index contributed by atoms with van der Waals surface area (Å²) in [5.41, 5.74) is 1.61. The Hall–Kier alpha value is -0.770. The zero-order chi connectivity index (χ0) is 10.6. The van der Waals surface area contributed by atoms with Gasteiger partial charge in [-0.15, -0.1) is 0 Å². The Bertz CT molecular complexity index is 360. The van der Waals surface area contributed by atoms with Crippen molar-refractivity contribution < 1.29 is 0 Å². The fourth-order valence-corrected chi connectivity index (χ4v) is 1.54. The first kappa shape index (κ1) is 11.3. The van der Waals surface area contributed by atoms with Crippen LogP contribution in [0.5, 0.6) is 0 Å². The van der Waals surface area contributed by atoms with Gasteiger partial charge in [-0.25, -0.2) is 4.68 Å². The summed E-state index contributed by atoms with van der Waals surface area (Å²) >= 11 is 4.12. The van der Waals surface area contributed by atoms with Gasteiger partial charge in [-0.05, 0) is 19.4 Å². The Labute approximate surface area is 89.6 Å². The van der Waals surface area contributed by atoms with Crippen molar-refractivity contribution in [3.63, 3.8) is 0 Å². The third-order valence-corrected chi connectivity index (χ3v) is 2.41. The van der Waals surface area contributed by atoms with Crippen LogP contribution in [0, 0.1) is 6.92 Å². The zero-order valence-corrected chi connectivity index (χ0v) is 9.55. The van der Waals surface area contributed by atoms with Crippen molar-refractivity contribution in [2.75, 3.05) is 0 Å². The Kier molecular flexibility index (Phi) is 4.20. The molecule has 0 spiro atoms. The number of aromatic nitrogens is 2. The molecule has 0 atom stereocenters. The summed E-state index contributed by atoms with van der Waals surface area (Å²) in [6.45, 7) is 4.70. The molecule has 0 aromatic carbocycles. The molecular weight excluding hydrogens is 196 g/mol. The first-order chi connectivity index (χ1) is 6.69. The van der Waals surface area contributed by atoms with E-state index in [0.29, 0.717) is 12.3 Å². The molecule has 1 heterocycles. The predicted molar refractivity (Wildman–Crippen MR) is 60.8 cm³/mol. The SMILES string of the molecule is CCCCn1nc(C)cc(CS)c1=O. The van der Waals surface area contributed by atoms with Crippen LogP contribution in [0.4, 0.5) is 0 Å². The van der Waals surface area contributed by atoms with Crippen LogP contribution in [0.3, 0.4) is 0 Å². The minimum Gasteiger partial charge on any atom is -0.267 e. The third-order valence-electron chi connectivity index (χ3n) is 2.06. The number of hydrogen-bond acceptors (Lipinski definition) is 3. The minimum atomic E-state index is -0.000880. The fraction of sp³-hybridized carbons (Fsp3) is 0.600. The van der Waals surface area contributed by atoms with Crippen LogP contribution in [0.25, 0.3) is 0 Å². The second-order valence-electron chi connectivity index (χ2n) is 3.35. The van der Waals surface area contributed by atoms with Crippen molar-refractivity contribution in [3.8, 4) is 0 Å². The van der Waals surface area contributed by atoms with Crippen molar-refractivity contribution in [1.82, 2.24) is 9.78 Å². The lowest BCUT2D eigenvalue weighted by Gasteiger charge is -2.06. The van der Waals surface area contributed by atoms with Crippen molar-refractivity contribution in [3.05, 3.63) is 27.7 Å². The topological polar surface area (TPSA) is 34.9 Å². The number of rotatable bonds is 4. The van der Waals surface area contributed by atoms with Gasteiger partial charge in [0, 0.05) is 17.9 Å². The average molecular weight is 212 g/mol. The summed E-state index contributed by atoms with van der Waals surface area (Å²) in [6.07, 6.45) is 2.06. The number of thiol groups is 1. The maximum Gasteiger partial charge on any atom is 0.270 e. The van der Waals surface area contributed by atoms with Gasteiger partial charge >= 0.3 is 0 Å². The molecule has 0 unspecified atom stereocenters. The summed E-state index contributed by atoms with van der Waals surface area (Å²) in [7, 11) is 0. The zero-order valence-electron chi connectivity index (χ0n) is 8.66. The third kappa shape index (κ3) is 2.61. The molecule has 1 rings (SSSR count). The predicted octanol–water partition coefficient (Wildman–Crippen LogP) is 1.78. The van der Waals surface area contributed by atoms with E-state index in [0.717, 1.165) is 24.1 Å². The molecule has 78 valence electrons. The van der Waals surface area contributed by atoms with Crippen molar-refractivity contribution in [2.45, 2.75) is 39.0 Å². The molecule has 0 fully saturated rings. The monoisotopic (exact) mass is 212 g/mol. The van der Waals surface area contributed by atoms with Crippen LogP contribution in [0.1, 0.15) is 31.0 Å². The highest BCUT2D eigenvalue weighted by molar-refractivity contribution is 7.79. The van der Waals surface area contributed by atoms with E-state index in [-0.39, 0.29) is 5.56 Å². The normalized spacial score (nSPS) is 10.5. The lowest BCUT2D eigenvalue weighted by atomic mass is 10.3. The van der Waals surface area contributed by atoms with Crippen LogP contribution >= 0.6 is 12.6 Å². The summed E-state index contributed by atoms with van der Waals surface area (Å²) in [4.78, 5) is 11.7. The van der Waals surface area contributed by atoms with Gasteiger partial charge < -0.3 is 0 Å². The van der Waals surface area contributed by atoms with Gasteiger partial charge in [0.15, 0.2) is 0 Å². The van der Waals surface area contributed by atoms with Gasteiger partial charge in [-0.1, -0.05) is 13.3 Å². The molecule has 0 aliphatic heterocycles. The molecular formula is C10H16N2OS. The number of aryl methyl sites for hydroxylation is 2. The molecule has 4 heteroatoms. The van der Waals surface area contributed by atoms with Crippen LogP contribution in [-0.4, -0.2) is 9.78 Å². The van der Waals surface area contributed by atoms with Crippen molar-refractivity contribution in [1.29, 1.82) is 0 Å². The fourth-order valence-electron chi connectivity index (χ4n) is 1.32. The summed E-state index contributed by atoms with van der Waals surface area (Å²) in [6, 6.07) is 1.80. The van der Waals surface area contributed by atoms with E-state index in [1.807, 2.05) is 6.92 Å². The van der Waals surface area contributed by atoms with Gasteiger partial charge in [0.25, 0.3) is 5.56 Å². The van der Waals surface area contributed by atoms with Gasteiger partial charge in [0.05, 0.1) is 5.69 Å². The van der Waals surface area contributed by atoms with Gasteiger partial charge in [0.2, 0.25) is 0 Å². The second kappa shape index (κ2) is 5.20. The maximum absolute atomic E-state index is 11.7. The summed E-state index contributed by atoms with van der Waals surface area (Å²) in [5, 5.41) is 4.19. The Morgan fingerprint density at radius 2 is 2.29 bits per heavy atom. The van der Waals surface area contributed by atoms with Gasteiger partial charge in [-0.3, -0.25) is 4.79 Å². The summed E-state index contributed by atoms with van der Waals surface area (Å²) in [5.74, 6) is 0.480. The van der Waals surface area contributed by atoms with E-state index < -0.39 is 0 Å². The Balaban J connectivity index is 3.03. The van der Waals surface area contributed by atoms with E-state index in [1.165, 1.54) is 0 Å². The number of nitrogens with zero attached hydrogens (tertiary/aromatic N) is 2. The minimum absolute atomic E-state index is 0.000880.